The van der Waals surface area contributed by atoms with Gasteiger partial charge in [0.2, 0.25) is 0 Å². The van der Waals surface area contributed by atoms with E-state index in [4.69, 9.17) is 0 Å². The monoisotopic (exact) mass is 416 g/mol. The molecule has 2 bridgehead atoms. The van der Waals surface area contributed by atoms with E-state index >= 15 is 0 Å². The summed E-state index contributed by atoms with van der Waals surface area (Å²) in [6.45, 7) is 6.56. The summed E-state index contributed by atoms with van der Waals surface area (Å²) in [5.74, 6) is -0.288. The quantitative estimate of drug-likeness (QED) is 0.506. The Kier molecular flexibility index (Phi) is 3.77. The van der Waals surface area contributed by atoms with Crippen molar-refractivity contribution in [3.05, 3.63) is 59.3 Å². The molecule has 1 fully saturated rings. The predicted molar refractivity (Wildman–Crippen MR) is 103 cm³/mol. The highest BCUT2D eigenvalue weighted by Crippen LogP contribution is 2.67. The fourth-order valence-corrected chi connectivity index (χ4v) is 5.29. The zero-order chi connectivity index (χ0) is 21.5. The molecule has 1 aromatic carbocycles. The smallest absolute Gasteiger partial charge is 0.228 e. The van der Waals surface area contributed by atoms with Crippen LogP contribution >= 0.6 is 0 Å². The minimum atomic E-state index is -4.68. The van der Waals surface area contributed by atoms with Gasteiger partial charge in [-0.25, -0.2) is 9.07 Å². The predicted octanol–water partition coefficient (Wildman–Crippen LogP) is 5.66. The van der Waals surface area contributed by atoms with E-state index in [0.29, 0.717) is 0 Å². The van der Waals surface area contributed by atoms with Crippen LogP contribution in [-0.4, -0.2) is 20.0 Å². The highest BCUT2D eigenvalue weighted by Gasteiger charge is 2.60. The highest BCUT2D eigenvalue weighted by molar-refractivity contribution is 5.65. The Bertz CT molecular complexity index is 1150. The first-order valence-electron chi connectivity index (χ1n) is 9.84. The topological polar surface area (TPSA) is 43.6 Å². The van der Waals surface area contributed by atoms with Gasteiger partial charge in [-0.2, -0.15) is 28.5 Å². The summed E-state index contributed by atoms with van der Waals surface area (Å²) in [7, 11) is 0. The van der Waals surface area contributed by atoms with Crippen molar-refractivity contribution in [3.8, 4) is 16.9 Å². The van der Waals surface area contributed by atoms with E-state index < -0.39 is 17.7 Å². The van der Waals surface area contributed by atoms with Gasteiger partial charge in [0.15, 0.2) is 5.69 Å². The molecule has 5 rings (SSSR count). The lowest BCUT2D eigenvalue weighted by molar-refractivity contribution is -0.142. The molecule has 2 unspecified atom stereocenters. The Morgan fingerprint density at radius 3 is 2.43 bits per heavy atom. The maximum Gasteiger partial charge on any atom is 0.434 e. The van der Waals surface area contributed by atoms with Gasteiger partial charge in [-0.1, -0.05) is 20.8 Å². The highest BCUT2D eigenvalue weighted by atomic mass is 19.4. The second-order valence-corrected chi connectivity index (χ2v) is 8.97. The van der Waals surface area contributed by atoms with Crippen LogP contribution in [0, 0.1) is 11.2 Å². The fourth-order valence-electron chi connectivity index (χ4n) is 5.29. The van der Waals surface area contributed by atoms with Gasteiger partial charge < -0.3 is 0 Å². The van der Waals surface area contributed by atoms with Crippen molar-refractivity contribution in [1.29, 1.82) is 0 Å². The summed E-state index contributed by atoms with van der Waals surface area (Å²) in [4.78, 5) is 0. The van der Waals surface area contributed by atoms with Crippen LogP contribution in [0.3, 0.4) is 0 Å². The Labute approximate surface area is 170 Å². The molecule has 0 N–H and O–H groups in total. The van der Waals surface area contributed by atoms with Gasteiger partial charge in [0.05, 0.1) is 28.8 Å². The lowest BCUT2D eigenvalue weighted by Crippen LogP contribution is -2.32. The van der Waals surface area contributed by atoms with Crippen molar-refractivity contribution >= 4 is 0 Å². The number of aromatic nitrogens is 4. The van der Waals surface area contributed by atoms with Crippen molar-refractivity contribution in [2.24, 2.45) is 5.41 Å². The Morgan fingerprint density at radius 1 is 1.07 bits per heavy atom. The van der Waals surface area contributed by atoms with Gasteiger partial charge in [-0.15, -0.1) is 0 Å². The molecule has 1 saturated carbocycles. The third-order valence-corrected chi connectivity index (χ3v) is 7.33. The van der Waals surface area contributed by atoms with Crippen molar-refractivity contribution in [1.82, 2.24) is 20.0 Å². The first kappa shape index (κ1) is 19.2. The molecular formula is C22H20F4N4. The van der Waals surface area contributed by atoms with Gasteiger partial charge in [0.25, 0.3) is 0 Å². The number of hydrogen-bond acceptors (Lipinski definition) is 3. The van der Waals surface area contributed by atoms with Gasteiger partial charge in [-0.3, -0.25) is 0 Å². The van der Waals surface area contributed by atoms with E-state index in [1.165, 1.54) is 12.1 Å². The standard InChI is InChI=1S/C22H20F4N4/c1-20(2)16-8-9-21(20,3)18-14(16)10-17(28-29-18)15-11-27-30(19(15)22(24,25)26)13-6-4-12(23)5-7-13/h4-7,10-11,16H,8-9H2,1-3H3. The van der Waals surface area contributed by atoms with Crippen LogP contribution in [0.15, 0.2) is 36.5 Å². The molecule has 2 atom stereocenters. The molecule has 0 saturated heterocycles. The molecule has 30 heavy (non-hydrogen) atoms. The summed E-state index contributed by atoms with van der Waals surface area (Å²) in [5, 5.41) is 12.5. The molecule has 2 aromatic heterocycles. The normalized spacial score (nSPS) is 24.3. The molecular weight excluding hydrogens is 396 g/mol. The first-order chi connectivity index (χ1) is 14.0. The van der Waals surface area contributed by atoms with Crippen molar-refractivity contribution in [2.45, 2.75) is 51.1 Å². The second kappa shape index (κ2) is 5.89. The number of rotatable bonds is 2. The summed E-state index contributed by atoms with van der Waals surface area (Å²) in [5.41, 5.74) is 0.939. The third kappa shape index (κ3) is 2.42. The minimum absolute atomic E-state index is 0.0201. The van der Waals surface area contributed by atoms with Crippen molar-refractivity contribution < 1.29 is 17.6 Å². The Hall–Kier alpha value is -2.77. The molecule has 0 amide bonds. The van der Waals surface area contributed by atoms with Crippen LogP contribution in [0.5, 0.6) is 0 Å². The molecule has 156 valence electrons. The maximum atomic E-state index is 14.0. The van der Waals surface area contributed by atoms with Crippen molar-refractivity contribution in [3.63, 3.8) is 0 Å². The van der Waals surface area contributed by atoms with E-state index in [1.807, 2.05) is 0 Å². The Balaban J connectivity index is 1.67. The van der Waals surface area contributed by atoms with Crippen LogP contribution in [0.4, 0.5) is 17.6 Å². The van der Waals surface area contributed by atoms with Gasteiger partial charge in [0, 0.05) is 5.41 Å². The Morgan fingerprint density at radius 2 is 1.77 bits per heavy atom. The zero-order valence-electron chi connectivity index (χ0n) is 16.8. The van der Waals surface area contributed by atoms with Gasteiger partial charge >= 0.3 is 6.18 Å². The number of nitrogens with zero attached hydrogens (tertiary/aromatic N) is 4. The minimum Gasteiger partial charge on any atom is -0.228 e. The summed E-state index contributed by atoms with van der Waals surface area (Å²) in [6, 6.07) is 6.48. The lowest BCUT2D eigenvalue weighted by Gasteiger charge is -2.33. The van der Waals surface area contributed by atoms with Crippen LogP contribution in [-0.2, 0) is 11.6 Å². The van der Waals surface area contributed by atoms with E-state index in [2.05, 4.69) is 36.1 Å². The molecule has 8 heteroatoms. The summed E-state index contributed by atoms with van der Waals surface area (Å²) in [6.07, 6.45) is -1.53. The zero-order valence-corrected chi connectivity index (χ0v) is 16.8. The van der Waals surface area contributed by atoms with Gasteiger partial charge in [0.1, 0.15) is 5.82 Å². The van der Waals surface area contributed by atoms with Crippen LogP contribution in [0.25, 0.3) is 16.9 Å². The number of hydrogen-bond donors (Lipinski definition) is 0. The molecule has 2 aliphatic carbocycles. The SMILES string of the molecule is CC12CCC(c3cc(-c4cnn(-c5ccc(F)cc5)c4C(F)(F)F)nnc31)C2(C)C. The molecule has 0 radical (unpaired) electrons. The average molecular weight is 416 g/mol. The van der Waals surface area contributed by atoms with Crippen molar-refractivity contribution in [2.75, 3.05) is 0 Å². The average Bonchev–Trinajstić information content (AvgIpc) is 3.27. The largest absolute Gasteiger partial charge is 0.434 e. The van der Waals surface area contributed by atoms with E-state index in [1.54, 1.807) is 6.07 Å². The van der Waals surface area contributed by atoms with E-state index in [0.717, 1.165) is 47.1 Å². The molecule has 0 spiro atoms. The third-order valence-electron chi connectivity index (χ3n) is 7.33. The number of halogens is 4. The first-order valence-corrected chi connectivity index (χ1v) is 9.84. The van der Waals surface area contributed by atoms with E-state index in [9.17, 15) is 17.6 Å². The maximum absolute atomic E-state index is 14.0. The van der Waals surface area contributed by atoms with Gasteiger partial charge in [-0.05, 0) is 60.1 Å². The summed E-state index contributed by atoms with van der Waals surface area (Å²) < 4.78 is 56.1. The van der Waals surface area contributed by atoms with Crippen LogP contribution in [0.2, 0.25) is 0 Å². The number of fused-ring (bicyclic) bond motifs is 5. The second-order valence-electron chi connectivity index (χ2n) is 8.97. The molecule has 3 aromatic rings. The number of alkyl halides is 3. The molecule has 0 aliphatic heterocycles. The number of benzene rings is 1. The lowest BCUT2D eigenvalue weighted by atomic mass is 9.70. The summed E-state index contributed by atoms with van der Waals surface area (Å²) >= 11 is 0. The van der Waals surface area contributed by atoms with Crippen LogP contribution < -0.4 is 0 Å². The molecule has 4 nitrogen and oxygen atoms in total. The molecule has 2 heterocycles. The van der Waals surface area contributed by atoms with Crippen LogP contribution in [0.1, 0.15) is 56.5 Å². The van der Waals surface area contributed by atoms with E-state index in [-0.39, 0.29) is 33.7 Å². The fraction of sp³-hybridized carbons (Fsp3) is 0.409. The molecule has 2 aliphatic rings.